The topological polar surface area (TPSA) is 69.2 Å². The number of hydrogen-bond donors (Lipinski definition) is 1. The lowest BCUT2D eigenvalue weighted by atomic mass is 10.2. The normalized spacial score (nSPS) is 10.8. The summed E-state index contributed by atoms with van der Waals surface area (Å²) in [6.07, 6.45) is 1.58. The Morgan fingerprint density at radius 1 is 1.14 bits per heavy atom. The molecule has 0 fully saturated rings. The van der Waals surface area contributed by atoms with Gasteiger partial charge in [0.25, 0.3) is 0 Å². The highest BCUT2D eigenvalue weighted by atomic mass is 79.9. The van der Waals surface area contributed by atoms with Crippen molar-refractivity contribution in [2.75, 3.05) is 25.2 Å². The Morgan fingerprint density at radius 3 is 2.50 bits per heavy atom. The summed E-state index contributed by atoms with van der Waals surface area (Å²) in [5.41, 5.74) is 4.17. The van der Waals surface area contributed by atoms with Gasteiger partial charge in [0.05, 0.1) is 29.6 Å². The molecule has 9 heteroatoms. The Hall–Kier alpha value is -2.13. The van der Waals surface area contributed by atoms with Crippen LogP contribution in [0.2, 0.25) is 0 Å². The molecule has 2 aromatic rings. The van der Waals surface area contributed by atoms with Crippen molar-refractivity contribution in [3.63, 3.8) is 0 Å². The molecule has 0 heterocycles. The van der Waals surface area contributed by atoms with Crippen LogP contribution in [0.4, 0.5) is 10.1 Å². The molecule has 0 aliphatic rings. The molecule has 150 valence electrons. The zero-order valence-corrected chi connectivity index (χ0v) is 18.5. The summed E-state index contributed by atoms with van der Waals surface area (Å²) in [7, 11) is 0. The maximum absolute atomic E-state index is 12.9. The van der Waals surface area contributed by atoms with Gasteiger partial charge in [-0.25, -0.2) is 9.18 Å². The lowest BCUT2D eigenvalue weighted by Gasteiger charge is -2.16. The Labute approximate surface area is 179 Å². The van der Waals surface area contributed by atoms with Gasteiger partial charge >= 0.3 is 5.97 Å². The molecule has 28 heavy (non-hydrogen) atoms. The van der Waals surface area contributed by atoms with Gasteiger partial charge in [-0.1, -0.05) is 0 Å². The first-order valence-electron chi connectivity index (χ1n) is 8.44. The molecule has 0 saturated carbocycles. The van der Waals surface area contributed by atoms with E-state index in [0.29, 0.717) is 38.3 Å². The van der Waals surface area contributed by atoms with Crippen LogP contribution in [0.1, 0.15) is 19.4 Å². The second kappa shape index (κ2) is 11.0. The molecule has 2 rings (SSSR count). The molecule has 0 atom stereocenters. The van der Waals surface area contributed by atoms with Crippen LogP contribution in [0.15, 0.2) is 44.4 Å². The summed E-state index contributed by atoms with van der Waals surface area (Å²) >= 11 is 6.94. The maximum atomic E-state index is 12.9. The van der Waals surface area contributed by atoms with Crippen molar-refractivity contribution in [1.29, 1.82) is 0 Å². The first-order chi connectivity index (χ1) is 13.5. The Morgan fingerprint density at radius 2 is 1.86 bits per heavy atom. The summed E-state index contributed by atoms with van der Waals surface area (Å²) in [4.78, 5) is 11.6. The lowest BCUT2D eigenvalue weighted by Crippen LogP contribution is -2.15. The van der Waals surface area contributed by atoms with Crippen molar-refractivity contribution in [2.24, 2.45) is 5.10 Å². The fourth-order valence-corrected chi connectivity index (χ4v) is 3.07. The zero-order chi connectivity index (χ0) is 20.5. The molecule has 0 unspecified atom stereocenters. The van der Waals surface area contributed by atoms with Gasteiger partial charge in [-0.3, -0.25) is 5.43 Å². The molecule has 0 aliphatic carbocycles. The Balaban J connectivity index is 2.21. The van der Waals surface area contributed by atoms with E-state index in [1.165, 1.54) is 12.1 Å². The number of esters is 1. The third kappa shape index (κ3) is 6.20. The number of nitrogens with zero attached hydrogens (tertiary/aromatic N) is 1. The fourth-order valence-electron chi connectivity index (χ4n) is 2.13. The van der Waals surface area contributed by atoms with Crippen LogP contribution < -0.4 is 14.9 Å². The van der Waals surface area contributed by atoms with Crippen LogP contribution in [0.3, 0.4) is 0 Å². The van der Waals surface area contributed by atoms with E-state index in [1.54, 1.807) is 31.3 Å². The molecule has 6 nitrogen and oxygen atoms in total. The van der Waals surface area contributed by atoms with Gasteiger partial charge in [0, 0.05) is 10.0 Å². The molecule has 0 amide bonds. The number of carbonyl (C=O) groups excluding carboxylic acids is 1. The molecule has 2 aromatic carbocycles. The smallest absolute Gasteiger partial charge is 0.344 e. The largest absolute Gasteiger partial charge is 0.490 e. The third-order valence-corrected chi connectivity index (χ3v) is 5.48. The van der Waals surface area contributed by atoms with Gasteiger partial charge in [0.2, 0.25) is 0 Å². The molecule has 0 aromatic heterocycles. The number of ether oxygens (including phenoxy) is 3. The SMILES string of the molecule is CCOC(=O)COc1c(OCC)cc(C=NNc2ccc(F)cc2)c(Br)c1Br. The van der Waals surface area contributed by atoms with E-state index in [1.807, 2.05) is 6.92 Å². The van der Waals surface area contributed by atoms with Gasteiger partial charge in [-0.05, 0) is 76.0 Å². The van der Waals surface area contributed by atoms with Crippen molar-refractivity contribution < 1.29 is 23.4 Å². The molecule has 0 bridgehead atoms. The van der Waals surface area contributed by atoms with E-state index in [-0.39, 0.29) is 19.0 Å². The van der Waals surface area contributed by atoms with Crippen LogP contribution in [-0.2, 0) is 9.53 Å². The average Bonchev–Trinajstić information content (AvgIpc) is 2.67. The highest BCUT2D eigenvalue weighted by molar-refractivity contribution is 9.13. The Kier molecular flexibility index (Phi) is 8.72. The van der Waals surface area contributed by atoms with Crippen molar-refractivity contribution in [1.82, 2.24) is 0 Å². The predicted octanol–water partition coefficient (Wildman–Crippen LogP) is 5.14. The molecule has 0 aliphatic heterocycles. The van der Waals surface area contributed by atoms with Crippen molar-refractivity contribution in [3.8, 4) is 11.5 Å². The minimum Gasteiger partial charge on any atom is -0.490 e. The van der Waals surface area contributed by atoms with Gasteiger partial charge in [0.15, 0.2) is 18.1 Å². The third-order valence-electron chi connectivity index (χ3n) is 3.34. The quantitative estimate of drug-likeness (QED) is 0.283. The van der Waals surface area contributed by atoms with Crippen molar-refractivity contribution >= 4 is 49.7 Å². The minimum atomic E-state index is -0.470. The summed E-state index contributed by atoms with van der Waals surface area (Å²) in [5.74, 6) is 0.0404. The van der Waals surface area contributed by atoms with E-state index < -0.39 is 5.97 Å². The Bertz CT molecular complexity index is 845. The second-order valence-corrected chi connectivity index (χ2v) is 6.91. The number of rotatable bonds is 9. The van der Waals surface area contributed by atoms with Crippen LogP contribution in [-0.4, -0.2) is 32.0 Å². The maximum Gasteiger partial charge on any atom is 0.344 e. The lowest BCUT2D eigenvalue weighted by molar-refractivity contribution is -0.145. The van der Waals surface area contributed by atoms with Crippen LogP contribution in [0.5, 0.6) is 11.5 Å². The minimum absolute atomic E-state index is 0.238. The molecular formula is C19H19Br2FN2O4. The number of benzene rings is 2. The first kappa shape index (κ1) is 22.2. The molecule has 0 radical (unpaired) electrons. The number of hydrazone groups is 1. The van der Waals surface area contributed by atoms with Crippen LogP contribution in [0.25, 0.3) is 0 Å². The van der Waals surface area contributed by atoms with Crippen molar-refractivity contribution in [3.05, 3.63) is 50.7 Å². The van der Waals surface area contributed by atoms with Gasteiger partial charge in [-0.2, -0.15) is 5.10 Å². The summed E-state index contributed by atoms with van der Waals surface area (Å²) < 4.78 is 30.3. The highest BCUT2D eigenvalue weighted by Gasteiger charge is 2.18. The summed E-state index contributed by atoms with van der Waals surface area (Å²) in [6, 6.07) is 7.57. The second-order valence-electron chi connectivity index (χ2n) is 5.32. The number of hydrogen-bond acceptors (Lipinski definition) is 6. The van der Waals surface area contributed by atoms with E-state index in [0.717, 1.165) is 0 Å². The summed E-state index contributed by atoms with van der Waals surface area (Å²) in [6.45, 7) is 4.02. The van der Waals surface area contributed by atoms with Crippen LogP contribution >= 0.6 is 31.9 Å². The molecule has 1 N–H and O–H groups in total. The van der Waals surface area contributed by atoms with E-state index >= 15 is 0 Å². The number of anilines is 1. The standard InChI is InChI=1S/C19H19Br2FN2O4/c1-3-26-15-9-12(10-23-24-14-7-5-13(22)6-8-14)17(20)18(21)19(15)28-11-16(25)27-4-2/h5-10,24H,3-4,11H2,1-2H3. The predicted molar refractivity (Wildman–Crippen MR) is 113 cm³/mol. The monoisotopic (exact) mass is 516 g/mol. The van der Waals surface area contributed by atoms with Gasteiger partial charge in [-0.15, -0.1) is 0 Å². The van der Waals surface area contributed by atoms with E-state index in [9.17, 15) is 9.18 Å². The van der Waals surface area contributed by atoms with Crippen molar-refractivity contribution in [2.45, 2.75) is 13.8 Å². The van der Waals surface area contributed by atoms with E-state index in [4.69, 9.17) is 14.2 Å². The zero-order valence-electron chi connectivity index (χ0n) is 15.3. The average molecular weight is 518 g/mol. The fraction of sp³-hybridized carbons (Fsp3) is 0.263. The molecule has 0 saturated heterocycles. The van der Waals surface area contributed by atoms with Gasteiger partial charge in [0.1, 0.15) is 5.82 Å². The molecule has 0 spiro atoms. The number of nitrogens with one attached hydrogen (secondary N) is 1. The summed E-state index contributed by atoms with van der Waals surface area (Å²) in [5, 5.41) is 4.15. The van der Waals surface area contributed by atoms with Gasteiger partial charge < -0.3 is 14.2 Å². The number of carbonyl (C=O) groups is 1. The number of halogens is 3. The van der Waals surface area contributed by atoms with E-state index in [2.05, 4.69) is 42.4 Å². The highest BCUT2D eigenvalue weighted by Crippen LogP contribution is 2.42. The van der Waals surface area contributed by atoms with Crippen LogP contribution in [0, 0.1) is 5.82 Å². The molecular weight excluding hydrogens is 499 g/mol. The first-order valence-corrected chi connectivity index (χ1v) is 10.0.